The summed E-state index contributed by atoms with van der Waals surface area (Å²) in [5.41, 5.74) is 0.349. The zero-order valence-corrected chi connectivity index (χ0v) is 24.2. The number of aryl methyl sites for hydroxylation is 1. The number of hydrogen-bond donors (Lipinski definition) is 0. The highest BCUT2D eigenvalue weighted by Gasteiger charge is 2.51. The first-order valence-electron chi connectivity index (χ1n) is 12.4. The lowest BCUT2D eigenvalue weighted by atomic mass is 10.2. The molecule has 0 aliphatic carbocycles. The Balaban J connectivity index is 2.04. The summed E-state index contributed by atoms with van der Waals surface area (Å²) in [6, 6.07) is 28.4. The molecule has 37 heavy (non-hydrogen) atoms. The van der Waals surface area contributed by atoms with Gasteiger partial charge in [0.15, 0.2) is 11.5 Å². The maximum Gasteiger partial charge on any atom is 0.303 e. The standard InChI is InChI=1S/C30H36O5SSi/c1-22-17-19-25(20-18-22)36-29(35-24(3)32)28(34-23(2)31)21-33-37(30(4,5)6,26-13-9-7-10-14-26)27-15-11-8-12-16-27/h7-20,28-29H,21H2,1-6H3/t28-,29?/m1/s1/i28+2. The van der Waals surface area contributed by atoms with Gasteiger partial charge >= 0.3 is 11.9 Å². The van der Waals surface area contributed by atoms with Crippen LogP contribution in [0.4, 0.5) is 0 Å². The van der Waals surface area contributed by atoms with Gasteiger partial charge < -0.3 is 13.9 Å². The van der Waals surface area contributed by atoms with Crippen molar-refractivity contribution in [2.75, 3.05) is 6.61 Å². The minimum atomic E-state index is -2.89. The molecule has 0 heterocycles. The molecule has 0 saturated carbocycles. The molecule has 196 valence electrons. The van der Waals surface area contributed by atoms with Crippen molar-refractivity contribution < 1.29 is 23.5 Å². The molecule has 0 N–H and O–H groups in total. The van der Waals surface area contributed by atoms with E-state index in [0.29, 0.717) is 0 Å². The van der Waals surface area contributed by atoms with Crippen molar-refractivity contribution in [1.29, 1.82) is 0 Å². The number of thioether (sulfide) groups is 1. The Labute approximate surface area is 225 Å². The molecule has 0 saturated heterocycles. The van der Waals surface area contributed by atoms with Gasteiger partial charge in [-0.2, -0.15) is 0 Å². The Bertz CT molecular complexity index is 1120. The van der Waals surface area contributed by atoms with Crippen LogP contribution in [0.25, 0.3) is 0 Å². The summed E-state index contributed by atoms with van der Waals surface area (Å²) >= 11 is 1.34. The summed E-state index contributed by atoms with van der Waals surface area (Å²) in [6.45, 7) is 11.4. The van der Waals surface area contributed by atoms with Gasteiger partial charge in [0, 0.05) is 18.7 Å². The fourth-order valence-corrected chi connectivity index (χ4v) is 10.0. The predicted octanol–water partition coefficient (Wildman–Crippen LogP) is 5.48. The number of rotatable bonds is 10. The molecule has 3 aromatic rings. The second-order valence-electron chi connectivity index (χ2n) is 10.0. The molecule has 0 aromatic heterocycles. The lowest BCUT2D eigenvalue weighted by molar-refractivity contribution is -0.160. The van der Waals surface area contributed by atoms with Crippen LogP contribution in [0.15, 0.2) is 89.8 Å². The van der Waals surface area contributed by atoms with Crippen LogP contribution in [-0.4, -0.2) is 38.4 Å². The summed E-state index contributed by atoms with van der Waals surface area (Å²) in [4.78, 5) is 25.2. The van der Waals surface area contributed by atoms with Crippen LogP contribution in [-0.2, 0) is 23.5 Å². The zero-order chi connectivity index (χ0) is 27.1. The monoisotopic (exact) mass is 538 g/mol. The molecule has 3 aromatic carbocycles. The molecule has 3 rings (SSSR count). The predicted molar refractivity (Wildman–Crippen MR) is 152 cm³/mol. The third-order valence-corrected chi connectivity index (χ3v) is 12.2. The Morgan fingerprint density at radius 1 is 0.838 bits per heavy atom. The normalized spacial score (nSPS) is 13.5. The van der Waals surface area contributed by atoms with Crippen LogP contribution < -0.4 is 10.4 Å². The third-order valence-electron chi connectivity index (χ3n) is 6.06. The summed E-state index contributed by atoms with van der Waals surface area (Å²) < 4.78 is 18.4. The van der Waals surface area contributed by atoms with Crippen molar-refractivity contribution in [2.24, 2.45) is 0 Å². The number of esters is 2. The summed E-state index contributed by atoms with van der Waals surface area (Å²) in [5.74, 6) is -0.912. The molecular weight excluding hydrogens is 502 g/mol. The second kappa shape index (κ2) is 12.6. The van der Waals surface area contributed by atoms with Gasteiger partial charge in [0.2, 0.25) is 0 Å². The summed E-state index contributed by atoms with van der Waals surface area (Å²) in [7, 11) is -2.89. The zero-order valence-electron chi connectivity index (χ0n) is 22.4. The molecule has 0 bridgehead atoms. The van der Waals surface area contributed by atoms with Crippen molar-refractivity contribution in [2.45, 2.75) is 63.0 Å². The number of carbonyl (C=O) groups excluding carboxylic acids is 2. The van der Waals surface area contributed by atoms with E-state index in [4.69, 9.17) is 13.9 Å². The van der Waals surface area contributed by atoms with E-state index in [0.717, 1.165) is 20.8 Å². The van der Waals surface area contributed by atoms with Crippen LogP contribution in [0.5, 0.6) is 0 Å². The lowest BCUT2D eigenvalue weighted by Gasteiger charge is -2.44. The molecule has 0 amide bonds. The second-order valence-corrected chi connectivity index (χ2v) is 15.5. The molecule has 0 spiro atoms. The molecule has 2 atom stereocenters. The van der Waals surface area contributed by atoms with Gasteiger partial charge in [-0.3, -0.25) is 9.59 Å². The van der Waals surface area contributed by atoms with Gasteiger partial charge in [0.05, 0.1) is 6.61 Å². The molecule has 0 aliphatic rings. The topological polar surface area (TPSA) is 61.8 Å². The van der Waals surface area contributed by atoms with Crippen LogP contribution in [0.1, 0.15) is 40.2 Å². The highest BCUT2D eigenvalue weighted by molar-refractivity contribution is 7.99. The average molecular weight is 539 g/mol. The number of benzene rings is 3. The Morgan fingerprint density at radius 3 is 1.78 bits per heavy atom. The van der Waals surface area contributed by atoms with E-state index >= 15 is 0 Å². The molecular formula is C30H36O5SSi. The third kappa shape index (κ3) is 7.34. The van der Waals surface area contributed by atoms with Crippen molar-refractivity contribution in [1.82, 2.24) is 0 Å². The van der Waals surface area contributed by atoms with Gasteiger partial charge in [-0.05, 0) is 34.5 Å². The van der Waals surface area contributed by atoms with Gasteiger partial charge in [0.1, 0.15) is 0 Å². The van der Waals surface area contributed by atoms with E-state index in [9.17, 15) is 9.59 Å². The van der Waals surface area contributed by atoms with Crippen molar-refractivity contribution in [3.63, 3.8) is 0 Å². The summed E-state index contributed by atoms with van der Waals surface area (Å²) in [5, 5.41) is 1.98. The quantitative estimate of drug-likeness (QED) is 0.147. The van der Waals surface area contributed by atoms with Crippen LogP contribution in [0, 0.1) is 6.92 Å². The van der Waals surface area contributed by atoms with Gasteiger partial charge in [-0.15, -0.1) is 0 Å². The molecule has 0 aliphatic heterocycles. The highest BCUT2D eigenvalue weighted by Crippen LogP contribution is 2.37. The first-order valence-corrected chi connectivity index (χ1v) is 15.1. The number of carbonyl (C=O) groups is 2. The van der Waals surface area contributed by atoms with E-state index < -0.39 is 31.8 Å². The van der Waals surface area contributed by atoms with Gasteiger partial charge in [-0.1, -0.05) is 111 Å². The van der Waals surface area contributed by atoms with Crippen LogP contribution >= 0.6 is 11.8 Å². The van der Waals surface area contributed by atoms with Crippen LogP contribution in [0.2, 0.25) is 5.04 Å². The molecule has 0 radical (unpaired) electrons. The minimum absolute atomic E-state index is 0.0731. The SMILES string of the molecule is CC(=O)OC(Sc1ccc(C)cc1)[14C@@H](CO[Si](c1ccccc1)(c1ccccc1)C(C)(C)C)OC(C)=O. The fraction of sp³-hybridized carbons (Fsp3) is 0.333. The average Bonchev–Trinajstić information content (AvgIpc) is 2.84. The Hall–Kier alpha value is -2.87. The van der Waals surface area contributed by atoms with Crippen LogP contribution in [0.3, 0.4) is 0 Å². The highest BCUT2D eigenvalue weighted by atomic mass is 32.2. The van der Waals surface area contributed by atoms with E-state index in [1.54, 1.807) is 0 Å². The summed E-state index contributed by atoms with van der Waals surface area (Å²) in [6.07, 6.45) is -0.811. The van der Waals surface area contributed by atoms with Gasteiger partial charge in [0.25, 0.3) is 8.32 Å². The van der Waals surface area contributed by atoms with E-state index in [-0.39, 0.29) is 11.6 Å². The number of ether oxygens (including phenoxy) is 2. The first-order chi connectivity index (χ1) is 17.5. The van der Waals surface area contributed by atoms with Crippen molar-refractivity contribution >= 4 is 42.4 Å². The van der Waals surface area contributed by atoms with Crippen molar-refractivity contribution in [3.05, 3.63) is 90.5 Å². The number of hydrogen-bond acceptors (Lipinski definition) is 6. The first kappa shape index (κ1) is 28.7. The minimum Gasteiger partial charge on any atom is -0.455 e. The molecule has 5 nitrogen and oxygen atoms in total. The van der Waals surface area contributed by atoms with E-state index in [1.165, 1.54) is 25.6 Å². The lowest BCUT2D eigenvalue weighted by Crippen LogP contribution is -2.67. The van der Waals surface area contributed by atoms with Crippen molar-refractivity contribution in [3.8, 4) is 0 Å². The van der Waals surface area contributed by atoms with E-state index in [2.05, 4.69) is 45.0 Å². The Morgan fingerprint density at radius 2 is 1.35 bits per heavy atom. The maximum absolute atomic E-state index is 12.2. The Kier molecular flexibility index (Phi) is 9.76. The fourth-order valence-electron chi connectivity index (χ4n) is 4.44. The smallest absolute Gasteiger partial charge is 0.303 e. The molecule has 0 fully saturated rings. The van der Waals surface area contributed by atoms with E-state index in [1.807, 2.05) is 67.6 Å². The maximum atomic E-state index is 12.2. The largest absolute Gasteiger partial charge is 0.455 e. The molecule has 1 unspecified atom stereocenters. The molecule has 7 heteroatoms. The van der Waals surface area contributed by atoms with Gasteiger partial charge in [-0.25, -0.2) is 0 Å².